The zero-order valence-electron chi connectivity index (χ0n) is 9.90. The average Bonchev–Trinajstić information content (AvgIpc) is 2.31. The predicted molar refractivity (Wildman–Crippen MR) is 61.3 cm³/mol. The minimum Gasteiger partial charge on any atom is -0.481 e. The molecule has 1 atom stereocenters. The lowest BCUT2D eigenvalue weighted by Crippen LogP contribution is -2.15. The molecule has 0 fully saturated rings. The predicted octanol–water partition coefficient (Wildman–Crippen LogP) is 1.70. The van der Waals surface area contributed by atoms with E-state index < -0.39 is 17.7 Å². The third kappa shape index (κ3) is 3.65. The number of aryl methyl sites for hydroxylation is 1. The maximum atomic E-state index is 13.7. The lowest BCUT2D eigenvalue weighted by Gasteiger charge is -2.09. The Hall–Kier alpha value is -1.72. The van der Waals surface area contributed by atoms with Crippen LogP contribution in [0.1, 0.15) is 26.0 Å². The summed E-state index contributed by atoms with van der Waals surface area (Å²) in [5, 5.41) is 11.5. The van der Waals surface area contributed by atoms with Crippen molar-refractivity contribution < 1.29 is 14.3 Å². The first-order valence-corrected chi connectivity index (χ1v) is 5.52. The summed E-state index contributed by atoms with van der Waals surface area (Å²) < 4.78 is 13.7. The first-order valence-electron chi connectivity index (χ1n) is 5.52. The van der Waals surface area contributed by atoms with Crippen molar-refractivity contribution in [2.24, 2.45) is 5.92 Å². The Labute approximate surface area is 99.1 Å². The van der Waals surface area contributed by atoms with Crippen molar-refractivity contribution >= 4 is 11.8 Å². The lowest BCUT2D eigenvalue weighted by atomic mass is 10.1. The van der Waals surface area contributed by atoms with Crippen molar-refractivity contribution in [3.05, 3.63) is 17.8 Å². The Bertz CT molecular complexity index is 398. The van der Waals surface area contributed by atoms with Crippen molar-refractivity contribution in [3.63, 3.8) is 0 Å². The number of aromatic nitrogens is 2. The van der Waals surface area contributed by atoms with Crippen LogP contribution in [0.5, 0.6) is 0 Å². The largest absolute Gasteiger partial charge is 0.481 e. The molecule has 1 aromatic rings. The van der Waals surface area contributed by atoms with Gasteiger partial charge in [-0.1, -0.05) is 13.8 Å². The summed E-state index contributed by atoms with van der Waals surface area (Å²) in [5.74, 6) is -1.64. The Morgan fingerprint density at radius 2 is 2.29 bits per heavy atom. The van der Waals surface area contributed by atoms with E-state index in [0.717, 1.165) is 0 Å². The van der Waals surface area contributed by atoms with Gasteiger partial charge in [0.2, 0.25) is 0 Å². The van der Waals surface area contributed by atoms with Gasteiger partial charge in [0.05, 0.1) is 11.6 Å². The van der Waals surface area contributed by atoms with Crippen molar-refractivity contribution in [2.45, 2.75) is 26.7 Å². The molecular weight excluding hydrogens is 225 g/mol. The standard InChI is InChI=1S/C11H16FN3O2/c1-3-8-9(12)10(15-6-14-8)13-5-4-7(2)11(16)17/h6-7H,3-5H2,1-2H3,(H,16,17)(H,13,14,15). The average molecular weight is 241 g/mol. The van der Waals surface area contributed by atoms with Gasteiger partial charge in [-0.15, -0.1) is 0 Å². The zero-order valence-corrected chi connectivity index (χ0v) is 9.90. The highest BCUT2D eigenvalue weighted by atomic mass is 19.1. The van der Waals surface area contributed by atoms with E-state index in [-0.39, 0.29) is 5.82 Å². The van der Waals surface area contributed by atoms with E-state index >= 15 is 0 Å². The Morgan fingerprint density at radius 1 is 1.59 bits per heavy atom. The molecule has 0 radical (unpaired) electrons. The van der Waals surface area contributed by atoms with Crippen LogP contribution in [0.3, 0.4) is 0 Å². The van der Waals surface area contributed by atoms with Crippen LogP contribution in [0.4, 0.5) is 10.2 Å². The highest BCUT2D eigenvalue weighted by Crippen LogP contribution is 2.13. The minimum atomic E-state index is -0.857. The number of carbonyl (C=O) groups is 1. The zero-order chi connectivity index (χ0) is 12.8. The summed E-state index contributed by atoms with van der Waals surface area (Å²) in [6.07, 6.45) is 2.21. The van der Waals surface area contributed by atoms with E-state index in [0.29, 0.717) is 25.1 Å². The summed E-state index contributed by atoms with van der Waals surface area (Å²) >= 11 is 0. The number of rotatable bonds is 6. The monoisotopic (exact) mass is 241 g/mol. The second-order valence-electron chi connectivity index (χ2n) is 3.79. The molecule has 1 aromatic heterocycles. The Balaban J connectivity index is 2.55. The molecule has 0 aliphatic rings. The molecule has 0 spiro atoms. The second-order valence-corrected chi connectivity index (χ2v) is 3.79. The number of halogens is 1. The van der Waals surface area contributed by atoms with E-state index in [9.17, 15) is 9.18 Å². The topological polar surface area (TPSA) is 75.1 Å². The number of carboxylic acids is 1. The van der Waals surface area contributed by atoms with Gasteiger partial charge in [-0.2, -0.15) is 0 Å². The molecular formula is C11H16FN3O2. The fraction of sp³-hybridized carbons (Fsp3) is 0.545. The molecule has 94 valence electrons. The van der Waals surface area contributed by atoms with Gasteiger partial charge in [0.1, 0.15) is 6.33 Å². The quantitative estimate of drug-likeness (QED) is 0.792. The number of nitrogens with zero attached hydrogens (tertiary/aromatic N) is 2. The van der Waals surface area contributed by atoms with Crippen molar-refractivity contribution in [1.82, 2.24) is 9.97 Å². The highest BCUT2D eigenvalue weighted by Gasteiger charge is 2.12. The molecule has 1 rings (SSSR count). The van der Waals surface area contributed by atoms with Gasteiger partial charge in [0.15, 0.2) is 11.6 Å². The van der Waals surface area contributed by atoms with E-state index in [2.05, 4.69) is 15.3 Å². The Morgan fingerprint density at radius 3 is 2.88 bits per heavy atom. The fourth-order valence-electron chi connectivity index (χ4n) is 1.31. The van der Waals surface area contributed by atoms with E-state index in [1.165, 1.54) is 6.33 Å². The number of carboxylic acid groups (broad SMARTS) is 1. The SMILES string of the molecule is CCc1ncnc(NCCC(C)C(=O)O)c1F. The summed E-state index contributed by atoms with van der Waals surface area (Å²) in [6.45, 7) is 3.78. The van der Waals surface area contributed by atoms with Crippen LogP contribution in [0.15, 0.2) is 6.33 Å². The van der Waals surface area contributed by atoms with Crippen LogP contribution in [-0.4, -0.2) is 27.6 Å². The lowest BCUT2D eigenvalue weighted by molar-refractivity contribution is -0.141. The molecule has 17 heavy (non-hydrogen) atoms. The third-order valence-electron chi connectivity index (χ3n) is 2.49. The van der Waals surface area contributed by atoms with Crippen LogP contribution < -0.4 is 5.32 Å². The summed E-state index contributed by atoms with van der Waals surface area (Å²) in [5.41, 5.74) is 0.355. The van der Waals surface area contributed by atoms with E-state index in [1.807, 2.05) is 6.92 Å². The maximum absolute atomic E-state index is 13.7. The number of hydrogen-bond donors (Lipinski definition) is 2. The molecule has 1 unspecified atom stereocenters. The number of aliphatic carboxylic acids is 1. The van der Waals surface area contributed by atoms with Gasteiger partial charge in [-0.05, 0) is 12.8 Å². The normalized spacial score (nSPS) is 12.2. The van der Waals surface area contributed by atoms with Gasteiger partial charge in [-0.25, -0.2) is 14.4 Å². The summed E-state index contributed by atoms with van der Waals surface area (Å²) in [7, 11) is 0. The van der Waals surface area contributed by atoms with Gasteiger partial charge >= 0.3 is 5.97 Å². The number of nitrogens with one attached hydrogen (secondary N) is 1. The molecule has 0 saturated heterocycles. The number of anilines is 1. The van der Waals surface area contributed by atoms with Gasteiger partial charge in [0.25, 0.3) is 0 Å². The van der Waals surface area contributed by atoms with Gasteiger partial charge < -0.3 is 10.4 Å². The summed E-state index contributed by atoms with van der Waals surface area (Å²) in [6, 6.07) is 0. The van der Waals surface area contributed by atoms with Crippen molar-refractivity contribution in [3.8, 4) is 0 Å². The minimum absolute atomic E-state index is 0.134. The van der Waals surface area contributed by atoms with E-state index in [4.69, 9.17) is 5.11 Å². The number of hydrogen-bond acceptors (Lipinski definition) is 4. The molecule has 6 heteroatoms. The molecule has 2 N–H and O–H groups in total. The second kappa shape index (κ2) is 6.12. The van der Waals surface area contributed by atoms with Crippen LogP contribution in [0, 0.1) is 11.7 Å². The first-order chi connectivity index (χ1) is 8.06. The van der Waals surface area contributed by atoms with Crippen LogP contribution in [0.2, 0.25) is 0 Å². The van der Waals surface area contributed by atoms with Crippen LogP contribution >= 0.6 is 0 Å². The molecule has 0 aromatic carbocycles. The Kier molecular flexibility index (Phi) is 4.81. The first kappa shape index (κ1) is 13.3. The van der Waals surface area contributed by atoms with Crippen LogP contribution in [0.25, 0.3) is 0 Å². The molecule has 0 aliphatic carbocycles. The highest BCUT2D eigenvalue weighted by molar-refractivity contribution is 5.69. The smallest absolute Gasteiger partial charge is 0.306 e. The van der Waals surface area contributed by atoms with Crippen molar-refractivity contribution in [1.29, 1.82) is 0 Å². The van der Waals surface area contributed by atoms with Gasteiger partial charge in [0, 0.05) is 6.54 Å². The molecule has 5 nitrogen and oxygen atoms in total. The molecule has 1 heterocycles. The molecule has 0 saturated carbocycles. The third-order valence-corrected chi connectivity index (χ3v) is 2.49. The molecule has 0 amide bonds. The van der Waals surface area contributed by atoms with E-state index in [1.54, 1.807) is 6.92 Å². The molecule has 0 bridgehead atoms. The van der Waals surface area contributed by atoms with Crippen molar-refractivity contribution in [2.75, 3.05) is 11.9 Å². The molecule has 0 aliphatic heterocycles. The maximum Gasteiger partial charge on any atom is 0.306 e. The van der Waals surface area contributed by atoms with Gasteiger partial charge in [-0.3, -0.25) is 4.79 Å². The van der Waals surface area contributed by atoms with Crippen LogP contribution in [-0.2, 0) is 11.2 Å². The fourth-order valence-corrected chi connectivity index (χ4v) is 1.31. The summed E-state index contributed by atoms with van der Waals surface area (Å²) in [4.78, 5) is 18.2.